The molecule has 7 nitrogen and oxygen atoms in total. The topological polar surface area (TPSA) is 104 Å². The summed E-state index contributed by atoms with van der Waals surface area (Å²) in [7, 11) is 0.953. The molecule has 1 aliphatic rings. The van der Waals surface area contributed by atoms with Crippen LogP contribution in [0.15, 0.2) is 36.5 Å². The molecule has 1 unspecified atom stereocenters. The second-order valence-electron chi connectivity index (χ2n) is 8.17. The number of carbonyl (C=O) groups excluding carboxylic acids is 2. The normalized spacial score (nSPS) is 24.8. The van der Waals surface area contributed by atoms with Gasteiger partial charge in [-0.2, -0.15) is 26.3 Å². The number of ether oxygens (including phenoxy) is 2. The smallest absolute Gasteiger partial charge is 0.419 e. The number of para-hydroxylation sites is 1. The molecule has 0 radical (unpaired) electrons. The van der Waals surface area contributed by atoms with E-state index in [-0.39, 0.29) is 16.9 Å². The van der Waals surface area contributed by atoms with Crippen LogP contribution in [0.3, 0.4) is 0 Å². The lowest BCUT2D eigenvalue weighted by atomic mass is 9.76. The Morgan fingerprint density at radius 1 is 1.17 bits per heavy atom. The summed E-state index contributed by atoms with van der Waals surface area (Å²) in [4.78, 5) is 28.2. The molecule has 0 spiro atoms. The van der Waals surface area contributed by atoms with E-state index >= 15 is 0 Å². The molecule has 4 atom stereocenters. The lowest BCUT2D eigenvalue weighted by Crippen LogP contribution is -2.47. The summed E-state index contributed by atoms with van der Waals surface area (Å²) in [5, 5.41) is 2.33. The van der Waals surface area contributed by atoms with Gasteiger partial charge in [0.2, 0.25) is 0 Å². The molecule has 1 fully saturated rings. The Labute approximate surface area is 195 Å². The first-order valence-electron chi connectivity index (χ1n) is 10.2. The molecule has 2 amide bonds. The first-order valence-corrected chi connectivity index (χ1v) is 10.2. The molecule has 1 aliphatic heterocycles. The van der Waals surface area contributed by atoms with Gasteiger partial charge in [-0.1, -0.05) is 19.1 Å². The number of carbonyl (C=O) groups is 2. The molecule has 35 heavy (non-hydrogen) atoms. The maximum Gasteiger partial charge on any atom is 0.419 e. The van der Waals surface area contributed by atoms with Crippen LogP contribution in [0.4, 0.5) is 32.0 Å². The summed E-state index contributed by atoms with van der Waals surface area (Å²) < 4.78 is 93.0. The van der Waals surface area contributed by atoms with Gasteiger partial charge in [-0.25, -0.2) is 0 Å². The number of alkyl halides is 6. The second kappa shape index (κ2) is 9.02. The van der Waals surface area contributed by atoms with Crippen LogP contribution >= 0.6 is 0 Å². The zero-order valence-corrected chi connectivity index (χ0v) is 18.6. The zero-order chi connectivity index (χ0) is 26.3. The van der Waals surface area contributed by atoms with E-state index in [1.807, 2.05) is 0 Å². The predicted octanol–water partition coefficient (Wildman–Crippen LogP) is 4.29. The van der Waals surface area contributed by atoms with E-state index in [9.17, 15) is 35.9 Å². The highest BCUT2D eigenvalue weighted by atomic mass is 19.4. The number of benzene rings is 1. The van der Waals surface area contributed by atoms with Crippen molar-refractivity contribution in [1.29, 1.82) is 0 Å². The third-order valence-electron chi connectivity index (χ3n) is 6.12. The minimum atomic E-state index is -4.95. The third-order valence-corrected chi connectivity index (χ3v) is 6.12. The van der Waals surface area contributed by atoms with Gasteiger partial charge in [-0.05, 0) is 25.1 Å². The van der Waals surface area contributed by atoms with Gasteiger partial charge in [0.15, 0.2) is 5.60 Å². The first kappa shape index (κ1) is 26.3. The molecule has 2 aromatic rings. The van der Waals surface area contributed by atoms with E-state index in [1.54, 1.807) is 0 Å². The van der Waals surface area contributed by atoms with E-state index in [2.05, 4.69) is 10.3 Å². The van der Waals surface area contributed by atoms with Crippen LogP contribution < -0.4 is 15.8 Å². The summed E-state index contributed by atoms with van der Waals surface area (Å²) >= 11 is 0. The molecule has 1 saturated heterocycles. The number of methoxy groups -OCH3 is 1. The van der Waals surface area contributed by atoms with E-state index in [4.69, 9.17) is 15.2 Å². The van der Waals surface area contributed by atoms with Crippen molar-refractivity contribution in [2.24, 2.45) is 11.7 Å². The number of hydrogen-bond donors (Lipinski definition) is 2. The van der Waals surface area contributed by atoms with Gasteiger partial charge in [0.05, 0.1) is 12.7 Å². The van der Waals surface area contributed by atoms with E-state index < -0.39 is 59.0 Å². The molecule has 1 aromatic heterocycles. The van der Waals surface area contributed by atoms with Crippen molar-refractivity contribution in [1.82, 2.24) is 4.98 Å². The van der Waals surface area contributed by atoms with Gasteiger partial charge in [0.25, 0.3) is 11.8 Å². The lowest BCUT2D eigenvalue weighted by Gasteiger charge is -2.32. The minimum Gasteiger partial charge on any atom is -0.496 e. The average molecular weight is 505 g/mol. The van der Waals surface area contributed by atoms with Crippen LogP contribution in [0.2, 0.25) is 0 Å². The van der Waals surface area contributed by atoms with Crippen molar-refractivity contribution < 1.29 is 45.4 Å². The fraction of sp³-hybridized carbons (Fsp3) is 0.409. The Hall–Kier alpha value is -3.35. The molecule has 1 aromatic carbocycles. The number of primary amides is 1. The number of hydrogen-bond acceptors (Lipinski definition) is 5. The number of nitrogens with two attached hydrogens (primary N) is 1. The molecule has 0 aliphatic carbocycles. The molecule has 0 bridgehead atoms. The van der Waals surface area contributed by atoms with Gasteiger partial charge in [0, 0.05) is 29.3 Å². The SMILES string of the molecule is COc1c([C@@H]2[C@@H](C(=O)Nc3ccnc(C(N)=O)c3)OC(C)(C(F)(F)F)[C@@H]2C)cccc1C(F)(F)F. The number of halogens is 6. The van der Waals surface area contributed by atoms with Crippen molar-refractivity contribution >= 4 is 17.5 Å². The van der Waals surface area contributed by atoms with Crippen molar-refractivity contribution in [3.05, 3.63) is 53.3 Å². The van der Waals surface area contributed by atoms with Crippen molar-refractivity contribution in [3.63, 3.8) is 0 Å². The zero-order valence-electron chi connectivity index (χ0n) is 18.6. The van der Waals surface area contributed by atoms with Crippen molar-refractivity contribution in [2.45, 2.75) is 43.8 Å². The Morgan fingerprint density at radius 2 is 1.83 bits per heavy atom. The monoisotopic (exact) mass is 505 g/mol. The summed E-state index contributed by atoms with van der Waals surface area (Å²) in [5.74, 6) is -5.66. The number of amides is 2. The highest BCUT2D eigenvalue weighted by Crippen LogP contribution is 2.55. The molecule has 2 heterocycles. The molecule has 190 valence electrons. The van der Waals surface area contributed by atoms with Crippen LogP contribution in [0, 0.1) is 5.92 Å². The van der Waals surface area contributed by atoms with E-state index in [1.165, 1.54) is 12.1 Å². The standard InChI is InChI=1S/C22H21F6N3O4/c1-10-15(12-5-4-6-13(16(12)34-3)21(23,24)25)17(35-20(10,2)22(26,27)28)19(33)31-11-7-8-30-14(9-11)18(29)32/h4-10,15,17H,1-3H3,(H2,29,32)(H,30,31,33)/t10-,15-,17+,20?/m1/s1. The van der Waals surface area contributed by atoms with Crippen LogP contribution in [0.5, 0.6) is 5.75 Å². The first-order chi connectivity index (χ1) is 16.1. The molecule has 3 rings (SSSR count). The van der Waals surface area contributed by atoms with Crippen LogP contribution in [0.25, 0.3) is 0 Å². The number of pyridine rings is 1. The molecule has 13 heteroatoms. The molecular formula is C22H21F6N3O4. The van der Waals surface area contributed by atoms with Crippen molar-refractivity contribution in [3.8, 4) is 5.75 Å². The van der Waals surface area contributed by atoms with Gasteiger partial charge >= 0.3 is 12.4 Å². The average Bonchev–Trinajstić information content (AvgIpc) is 3.04. The van der Waals surface area contributed by atoms with Crippen molar-refractivity contribution in [2.75, 3.05) is 12.4 Å². The van der Waals surface area contributed by atoms with Gasteiger partial charge in [-0.3, -0.25) is 14.6 Å². The van der Waals surface area contributed by atoms with Crippen LogP contribution in [-0.4, -0.2) is 41.8 Å². The minimum absolute atomic E-state index is 0.0228. The Bertz CT molecular complexity index is 1140. The van der Waals surface area contributed by atoms with Gasteiger partial charge in [-0.15, -0.1) is 0 Å². The molecule has 0 saturated carbocycles. The fourth-order valence-corrected chi connectivity index (χ4v) is 4.15. The lowest BCUT2D eigenvalue weighted by molar-refractivity contribution is -0.272. The largest absolute Gasteiger partial charge is 0.496 e. The van der Waals surface area contributed by atoms with Gasteiger partial charge < -0.3 is 20.5 Å². The number of nitrogens with one attached hydrogen (secondary N) is 1. The summed E-state index contributed by atoms with van der Waals surface area (Å²) in [6.45, 7) is 1.87. The molecular weight excluding hydrogens is 484 g/mol. The Morgan fingerprint density at radius 3 is 2.37 bits per heavy atom. The Kier molecular flexibility index (Phi) is 6.77. The Balaban J connectivity index is 2.11. The molecule has 3 N–H and O–H groups in total. The predicted molar refractivity (Wildman–Crippen MR) is 111 cm³/mol. The number of aromatic nitrogens is 1. The summed E-state index contributed by atoms with van der Waals surface area (Å²) in [6, 6.07) is 5.27. The fourth-order valence-electron chi connectivity index (χ4n) is 4.15. The second-order valence-corrected chi connectivity index (χ2v) is 8.17. The maximum atomic E-state index is 14.0. The van der Waals surface area contributed by atoms with E-state index in [0.717, 1.165) is 45.4 Å². The quantitative estimate of drug-likeness (QED) is 0.591. The van der Waals surface area contributed by atoms with Crippen LogP contribution in [0.1, 0.15) is 41.4 Å². The van der Waals surface area contributed by atoms with E-state index in [0.29, 0.717) is 0 Å². The highest BCUT2D eigenvalue weighted by Gasteiger charge is 2.66. The number of rotatable bonds is 5. The number of anilines is 1. The van der Waals surface area contributed by atoms with Crippen LogP contribution in [-0.2, 0) is 15.7 Å². The third kappa shape index (κ3) is 4.77. The van der Waals surface area contributed by atoms with Gasteiger partial charge in [0.1, 0.15) is 17.5 Å². The summed E-state index contributed by atoms with van der Waals surface area (Å²) in [6.07, 6.45) is -10.5. The summed E-state index contributed by atoms with van der Waals surface area (Å²) in [5.41, 5.74) is 0.564. The number of nitrogens with zero attached hydrogens (tertiary/aromatic N) is 1. The highest BCUT2D eigenvalue weighted by molar-refractivity contribution is 5.97. The maximum absolute atomic E-state index is 14.0.